The summed E-state index contributed by atoms with van der Waals surface area (Å²) in [5.41, 5.74) is -0.123. The van der Waals surface area contributed by atoms with E-state index in [-0.39, 0.29) is 15.5 Å². The van der Waals surface area contributed by atoms with Crippen molar-refractivity contribution in [1.29, 1.82) is 0 Å². The molecule has 1 N–H and O–H groups in total. The first-order valence-electron chi connectivity index (χ1n) is 4.82. The summed E-state index contributed by atoms with van der Waals surface area (Å²) in [6.45, 7) is 6.18. The minimum Gasteiger partial charge on any atom is -0.243 e. The summed E-state index contributed by atoms with van der Waals surface area (Å²) >= 11 is 5.73. The standard InChI is InChI=1S/C10H15ClN2O2S/c1-10(2,3)7-13-16(14,15)8-5-4-6-12-9(8)11/h4-6,13H,7H2,1-3H3. The van der Waals surface area contributed by atoms with Gasteiger partial charge < -0.3 is 0 Å². The van der Waals surface area contributed by atoms with Crippen LogP contribution in [0.4, 0.5) is 0 Å². The molecule has 1 heterocycles. The SMILES string of the molecule is CC(C)(C)CNS(=O)(=O)c1cccnc1Cl. The number of nitrogens with one attached hydrogen (secondary N) is 1. The number of rotatable bonds is 3. The van der Waals surface area contributed by atoms with Crippen molar-refractivity contribution in [3.8, 4) is 0 Å². The second-order valence-corrected chi connectivity index (χ2v) is 6.77. The Labute approximate surface area is 101 Å². The molecule has 0 atom stereocenters. The number of hydrogen-bond acceptors (Lipinski definition) is 3. The Bertz CT molecular complexity index is 466. The second kappa shape index (κ2) is 4.69. The Morgan fingerprint density at radius 1 is 1.44 bits per heavy atom. The summed E-state index contributed by atoms with van der Waals surface area (Å²) < 4.78 is 26.2. The highest BCUT2D eigenvalue weighted by molar-refractivity contribution is 7.89. The number of aromatic nitrogens is 1. The van der Waals surface area contributed by atoms with E-state index >= 15 is 0 Å². The molecule has 1 aromatic rings. The van der Waals surface area contributed by atoms with E-state index in [9.17, 15) is 8.42 Å². The Kier molecular flexibility index (Phi) is 3.93. The van der Waals surface area contributed by atoms with Crippen molar-refractivity contribution >= 4 is 21.6 Å². The third-order valence-corrected chi connectivity index (χ3v) is 3.65. The quantitative estimate of drug-likeness (QED) is 0.849. The third-order valence-electron chi connectivity index (χ3n) is 1.81. The van der Waals surface area contributed by atoms with Gasteiger partial charge in [-0.3, -0.25) is 0 Å². The zero-order valence-electron chi connectivity index (χ0n) is 9.49. The molecule has 0 radical (unpaired) electrons. The Morgan fingerprint density at radius 3 is 2.56 bits per heavy atom. The van der Waals surface area contributed by atoms with Gasteiger partial charge in [0.2, 0.25) is 10.0 Å². The van der Waals surface area contributed by atoms with Crippen LogP contribution in [0.1, 0.15) is 20.8 Å². The van der Waals surface area contributed by atoms with E-state index in [1.807, 2.05) is 20.8 Å². The van der Waals surface area contributed by atoms with Crippen molar-refractivity contribution in [2.24, 2.45) is 5.41 Å². The summed E-state index contributed by atoms with van der Waals surface area (Å²) in [5.74, 6) is 0. The van der Waals surface area contributed by atoms with E-state index in [0.29, 0.717) is 6.54 Å². The normalized spacial score (nSPS) is 12.8. The number of sulfonamides is 1. The number of nitrogens with zero attached hydrogens (tertiary/aromatic N) is 1. The van der Waals surface area contributed by atoms with Crippen molar-refractivity contribution in [1.82, 2.24) is 9.71 Å². The summed E-state index contributed by atoms with van der Waals surface area (Å²) in [7, 11) is -3.57. The molecule has 0 saturated carbocycles. The van der Waals surface area contributed by atoms with Crippen LogP contribution in [-0.2, 0) is 10.0 Å². The highest BCUT2D eigenvalue weighted by Gasteiger charge is 2.21. The number of halogens is 1. The van der Waals surface area contributed by atoms with Gasteiger partial charge in [-0.05, 0) is 17.5 Å². The lowest BCUT2D eigenvalue weighted by atomic mass is 9.98. The lowest BCUT2D eigenvalue weighted by molar-refractivity contribution is 0.407. The van der Waals surface area contributed by atoms with Crippen LogP contribution < -0.4 is 4.72 Å². The molecule has 0 unspecified atom stereocenters. The van der Waals surface area contributed by atoms with E-state index in [1.165, 1.54) is 18.3 Å². The maximum atomic E-state index is 11.9. The molecule has 90 valence electrons. The van der Waals surface area contributed by atoms with Crippen molar-refractivity contribution < 1.29 is 8.42 Å². The highest BCUT2D eigenvalue weighted by atomic mass is 35.5. The number of hydrogen-bond donors (Lipinski definition) is 1. The fourth-order valence-electron chi connectivity index (χ4n) is 0.961. The molecule has 0 aliphatic carbocycles. The van der Waals surface area contributed by atoms with Crippen LogP contribution in [0.25, 0.3) is 0 Å². The van der Waals surface area contributed by atoms with Gasteiger partial charge in [0.15, 0.2) is 0 Å². The molecule has 1 aromatic heterocycles. The summed E-state index contributed by atoms with van der Waals surface area (Å²) in [4.78, 5) is 3.75. The lowest BCUT2D eigenvalue weighted by Gasteiger charge is -2.18. The molecule has 0 aliphatic rings. The molecule has 16 heavy (non-hydrogen) atoms. The zero-order chi connectivity index (χ0) is 12.4. The van der Waals surface area contributed by atoms with Gasteiger partial charge in [-0.25, -0.2) is 18.1 Å². The van der Waals surface area contributed by atoms with Crippen molar-refractivity contribution in [3.05, 3.63) is 23.5 Å². The van der Waals surface area contributed by atoms with Gasteiger partial charge in [-0.1, -0.05) is 32.4 Å². The first-order valence-corrected chi connectivity index (χ1v) is 6.69. The maximum absolute atomic E-state index is 11.9. The topological polar surface area (TPSA) is 59.1 Å². The first kappa shape index (κ1) is 13.4. The van der Waals surface area contributed by atoms with Gasteiger partial charge >= 0.3 is 0 Å². The molecule has 0 aliphatic heterocycles. The van der Waals surface area contributed by atoms with Crippen molar-refractivity contribution in [2.75, 3.05) is 6.54 Å². The average molecular weight is 263 g/mol. The van der Waals surface area contributed by atoms with E-state index in [4.69, 9.17) is 11.6 Å². The largest absolute Gasteiger partial charge is 0.243 e. The van der Waals surface area contributed by atoms with Gasteiger partial charge in [-0.2, -0.15) is 0 Å². The van der Waals surface area contributed by atoms with E-state index in [1.54, 1.807) is 0 Å². The second-order valence-electron chi connectivity index (χ2n) is 4.68. The summed E-state index contributed by atoms with van der Waals surface area (Å²) in [5, 5.41) is -0.0103. The molecular weight excluding hydrogens is 248 g/mol. The van der Waals surface area contributed by atoms with E-state index in [0.717, 1.165) is 0 Å². The van der Waals surface area contributed by atoms with E-state index < -0.39 is 10.0 Å². The molecule has 0 fully saturated rings. The van der Waals surface area contributed by atoms with Crippen LogP contribution in [0.15, 0.2) is 23.2 Å². The average Bonchev–Trinajstić information content (AvgIpc) is 2.14. The highest BCUT2D eigenvalue weighted by Crippen LogP contribution is 2.19. The lowest BCUT2D eigenvalue weighted by Crippen LogP contribution is -2.32. The monoisotopic (exact) mass is 262 g/mol. The van der Waals surface area contributed by atoms with Crippen LogP contribution in [0.2, 0.25) is 5.15 Å². The van der Waals surface area contributed by atoms with Gasteiger partial charge in [-0.15, -0.1) is 0 Å². The predicted octanol–water partition coefficient (Wildman–Crippen LogP) is 2.06. The van der Waals surface area contributed by atoms with Crippen LogP contribution in [0, 0.1) is 5.41 Å². The van der Waals surface area contributed by atoms with Crippen LogP contribution >= 0.6 is 11.6 Å². The van der Waals surface area contributed by atoms with Crippen molar-refractivity contribution in [3.63, 3.8) is 0 Å². The Morgan fingerprint density at radius 2 is 2.06 bits per heavy atom. The van der Waals surface area contributed by atoms with Crippen molar-refractivity contribution in [2.45, 2.75) is 25.7 Å². The zero-order valence-corrected chi connectivity index (χ0v) is 11.1. The Hall–Kier alpha value is -0.650. The summed E-state index contributed by atoms with van der Waals surface area (Å²) in [6.07, 6.45) is 1.45. The van der Waals surface area contributed by atoms with Crippen LogP contribution in [-0.4, -0.2) is 19.9 Å². The van der Waals surface area contributed by atoms with Gasteiger partial charge in [0.25, 0.3) is 0 Å². The maximum Gasteiger partial charge on any atom is 0.243 e. The number of pyridine rings is 1. The van der Waals surface area contributed by atoms with E-state index in [2.05, 4.69) is 9.71 Å². The predicted molar refractivity (Wildman–Crippen MR) is 63.9 cm³/mol. The molecule has 1 rings (SSSR count). The third kappa shape index (κ3) is 3.73. The fourth-order valence-corrected chi connectivity index (χ4v) is 2.70. The van der Waals surface area contributed by atoms with Gasteiger partial charge in [0.05, 0.1) is 0 Å². The molecule has 6 heteroatoms. The molecule has 0 amide bonds. The molecule has 0 saturated heterocycles. The minimum absolute atomic E-state index is 0.0103. The molecule has 0 spiro atoms. The molecule has 0 bridgehead atoms. The Balaban J connectivity index is 2.92. The smallest absolute Gasteiger partial charge is 0.243 e. The molecule has 4 nitrogen and oxygen atoms in total. The van der Waals surface area contributed by atoms with Crippen LogP contribution in [0.5, 0.6) is 0 Å². The minimum atomic E-state index is -3.57. The fraction of sp³-hybridized carbons (Fsp3) is 0.500. The van der Waals surface area contributed by atoms with Gasteiger partial charge in [0, 0.05) is 12.7 Å². The molecule has 0 aromatic carbocycles. The first-order chi connectivity index (χ1) is 7.22. The van der Waals surface area contributed by atoms with Gasteiger partial charge in [0.1, 0.15) is 10.0 Å². The molecular formula is C10H15ClN2O2S. The van der Waals surface area contributed by atoms with Crippen LogP contribution in [0.3, 0.4) is 0 Å². The summed E-state index contributed by atoms with van der Waals surface area (Å²) in [6, 6.07) is 2.97.